The van der Waals surface area contributed by atoms with E-state index in [1.807, 2.05) is 18.4 Å². The Morgan fingerprint density at radius 1 is 1.15 bits per heavy atom. The van der Waals surface area contributed by atoms with E-state index in [4.69, 9.17) is 0 Å². The minimum Gasteiger partial charge on any atom is -0.322 e. The number of hydrogen-bond donors (Lipinski definition) is 0. The number of benzene rings is 1. The lowest BCUT2D eigenvalue weighted by molar-refractivity contribution is 0.0969. The third kappa shape index (κ3) is 1.57. The topological polar surface area (TPSA) is 52.0 Å². The second kappa shape index (κ2) is 4.40. The first kappa shape index (κ1) is 12.8. The van der Waals surface area contributed by atoms with Crippen LogP contribution in [0.4, 0.5) is 0 Å². The number of carbonyl (C=O) groups is 2. The van der Waals surface area contributed by atoms with Gasteiger partial charge in [-0.15, -0.1) is 0 Å². The third-order valence-corrected chi connectivity index (χ3v) is 3.97. The Kier molecular flexibility index (Phi) is 2.82. The molecule has 4 heteroatoms. The summed E-state index contributed by atoms with van der Waals surface area (Å²) in [4.78, 5) is 29.5. The molecule has 0 saturated heterocycles. The van der Waals surface area contributed by atoms with E-state index in [0.29, 0.717) is 22.5 Å². The highest BCUT2D eigenvalue weighted by Gasteiger charge is 2.35. The van der Waals surface area contributed by atoms with Crippen molar-refractivity contribution in [3.63, 3.8) is 0 Å². The van der Waals surface area contributed by atoms with Crippen molar-refractivity contribution < 1.29 is 9.59 Å². The minimum atomic E-state index is -0.152. The van der Waals surface area contributed by atoms with Gasteiger partial charge in [-0.05, 0) is 20.3 Å². The van der Waals surface area contributed by atoms with Crippen LogP contribution in [0.15, 0.2) is 24.3 Å². The van der Waals surface area contributed by atoms with Crippen LogP contribution in [0.1, 0.15) is 64.2 Å². The number of hydrogen-bond acceptors (Lipinski definition) is 3. The van der Waals surface area contributed by atoms with Gasteiger partial charge in [0, 0.05) is 17.2 Å². The number of carbonyl (C=O) groups excluding carboxylic acids is 2. The Morgan fingerprint density at radius 3 is 2.35 bits per heavy atom. The predicted molar refractivity (Wildman–Crippen MR) is 75.3 cm³/mol. The fraction of sp³-hybridized carbons (Fsp3) is 0.312. The largest absolute Gasteiger partial charge is 0.322 e. The molecule has 1 aromatic heterocycles. The van der Waals surface area contributed by atoms with Crippen LogP contribution < -0.4 is 0 Å². The molecule has 0 fully saturated rings. The van der Waals surface area contributed by atoms with E-state index < -0.39 is 0 Å². The molecule has 0 N–H and O–H groups in total. The molecule has 0 amide bonds. The molecule has 102 valence electrons. The molecule has 1 atom stereocenters. The van der Waals surface area contributed by atoms with Gasteiger partial charge < -0.3 is 4.57 Å². The monoisotopic (exact) mass is 268 g/mol. The summed E-state index contributed by atoms with van der Waals surface area (Å²) >= 11 is 0. The maximum Gasteiger partial charge on any atom is 0.214 e. The minimum absolute atomic E-state index is 0.101. The van der Waals surface area contributed by atoms with Gasteiger partial charge in [0.25, 0.3) is 0 Å². The third-order valence-electron chi connectivity index (χ3n) is 3.97. The molecule has 0 bridgehead atoms. The van der Waals surface area contributed by atoms with Crippen LogP contribution in [-0.4, -0.2) is 21.1 Å². The molecule has 0 saturated carbocycles. The number of ketones is 2. The molecular formula is C16H16N2O2. The number of aryl methyl sites for hydroxylation is 1. The molecule has 20 heavy (non-hydrogen) atoms. The summed E-state index contributed by atoms with van der Waals surface area (Å²) in [6.45, 7) is 5.93. The van der Waals surface area contributed by atoms with Crippen molar-refractivity contribution in [3.05, 3.63) is 52.6 Å². The second-order valence-corrected chi connectivity index (χ2v) is 5.19. The highest BCUT2D eigenvalue weighted by molar-refractivity contribution is 6.27. The van der Waals surface area contributed by atoms with Crippen LogP contribution in [0.5, 0.6) is 0 Å². The van der Waals surface area contributed by atoms with Crippen LogP contribution >= 0.6 is 0 Å². The fourth-order valence-electron chi connectivity index (χ4n) is 2.78. The lowest BCUT2D eigenvalue weighted by Gasteiger charge is -2.19. The van der Waals surface area contributed by atoms with Gasteiger partial charge >= 0.3 is 0 Å². The molecule has 0 spiro atoms. The van der Waals surface area contributed by atoms with E-state index in [-0.39, 0.29) is 17.6 Å². The van der Waals surface area contributed by atoms with Gasteiger partial charge in [-0.1, -0.05) is 31.2 Å². The van der Waals surface area contributed by atoms with Crippen molar-refractivity contribution in [2.75, 3.05) is 0 Å². The Labute approximate surface area is 117 Å². The fourth-order valence-corrected chi connectivity index (χ4v) is 2.78. The Morgan fingerprint density at radius 2 is 1.75 bits per heavy atom. The molecule has 3 rings (SSSR count). The van der Waals surface area contributed by atoms with Crippen LogP contribution in [0.2, 0.25) is 0 Å². The van der Waals surface area contributed by atoms with E-state index in [1.54, 1.807) is 24.3 Å². The van der Waals surface area contributed by atoms with E-state index in [9.17, 15) is 9.59 Å². The van der Waals surface area contributed by atoms with Crippen molar-refractivity contribution in [3.8, 4) is 0 Å². The van der Waals surface area contributed by atoms with Crippen molar-refractivity contribution in [2.45, 2.75) is 33.2 Å². The van der Waals surface area contributed by atoms with E-state index in [0.717, 1.165) is 12.2 Å². The number of rotatable bonds is 2. The summed E-state index contributed by atoms with van der Waals surface area (Å²) in [5.74, 6) is 0.468. The predicted octanol–water partition coefficient (Wildman–Crippen LogP) is 2.94. The van der Waals surface area contributed by atoms with E-state index in [2.05, 4.69) is 11.9 Å². The number of aromatic nitrogens is 2. The molecule has 1 unspecified atom stereocenters. The normalized spacial score (nSPS) is 14.9. The average Bonchev–Trinajstić information content (AvgIpc) is 2.82. The van der Waals surface area contributed by atoms with Crippen LogP contribution in [0, 0.1) is 6.92 Å². The SMILES string of the molecule is CCC(C)n1c(C)nc2c1C(=O)c1ccccc1C2=O. The maximum absolute atomic E-state index is 12.7. The molecule has 1 aliphatic rings. The summed E-state index contributed by atoms with van der Waals surface area (Å²) < 4.78 is 1.89. The summed E-state index contributed by atoms with van der Waals surface area (Å²) in [7, 11) is 0. The van der Waals surface area contributed by atoms with Gasteiger partial charge in [-0.2, -0.15) is 0 Å². The Balaban J connectivity index is 2.29. The number of fused-ring (bicyclic) bond motifs is 2. The Bertz CT molecular complexity index is 728. The molecule has 0 radical (unpaired) electrons. The van der Waals surface area contributed by atoms with E-state index in [1.165, 1.54) is 0 Å². The number of nitrogens with zero attached hydrogens (tertiary/aromatic N) is 2. The van der Waals surface area contributed by atoms with Crippen LogP contribution in [0.3, 0.4) is 0 Å². The van der Waals surface area contributed by atoms with Gasteiger partial charge in [0.1, 0.15) is 17.2 Å². The summed E-state index contributed by atoms with van der Waals surface area (Å²) in [6, 6.07) is 7.10. The van der Waals surface area contributed by atoms with Crippen molar-refractivity contribution in [2.24, 2.45) is 0 Å². The first-order chi connectivity index (χ1) is 9.56. The second-order valence-electron chi connectivity index (χ2n) is 5.19. The van der Waals surface area contributed by atoms with Gasteiger partial charge in [-0.3, -0.25) is 9.59 Å². The van der Waals surface area contributed by atoms with E-state index >= 15 is 0 Å². The smallest absolute Gasteiger partial charge is 0.214 e. The lowest BCUT2D eigenvalue weighted by atomic mass is 9.90. The molecule has 4 nitrogen and oxygen atoms in total. The summed E-state index contributed by atoms with van der Waals surface area (Å²) in [6.07, 6.45) is 0.882. The van der Waals surface area contributed by atoms with Crippen molar-refractivity contribution in [1.82, 2.24) is 9.55 Å². The van der Waals surface area contributed by atoms with Crippen LogP contribution in [-0.2, 0) is 0 Å². The maximum atomic E-state index is 12.7. The van der Waals surface area contributed by atoms with Crippen molar-refractivity contribution in [1.29, 1.82) is 0 Å². The summed E-state index contributed by atoms with van der Waals surface area (Å²) in [5, 5.41) is 0. The van der Waals surface area contributed by atoms with Crippen LogP contribution in [0.25, 0.3) is 0 Å². The highest BCUT2D eigenvalue weighted by atomic mass is 16.1. The zero-order chi connectivity index (χ0) is 14.4. The zero-order valence-corrected chi connectivity index (χ0v) is 11.8. The Hall–Kier alpha value is -2.23. The van der Waals surface area contributed by atoms with Gasteiger partial charge in [0.2, 0.25) is 11.6 Å². The standard InChI is InChI=1S/C16H16N2O2/c1-4-9(2)18-10(3)17-13-14(18)16(20)12-8-6-5-7-11(12)15(13)19/h5-9H,4H2,1-3H3. The molecule has 1 aliphatic carbocycles. The number of imidazole rings is 1. The zero-order valence-electron chi connectivity index (χ0n) is 11.8. The summed E-state index contributed by atoms with van der Waals surface area (Å²) in [5.41, 5.74) is 1.68. The quantitative estimate of drug-likeness (QED) is 0.718. The van der Waals surface area contributed by atoms with Gasteiger partial charge in [-0.25, -0.2) is 4.98 Å². The average molecular weight is 268 g/mol. The molecule has 1 aromatic carbocycles. The molecule has 2 aromatic rings. The van der Waals surface area contributed by atoms with Gasteiger partial charge in [0.05, 0.1) is 0 Å². The highest BCUT2D eigenvalue weighted by Crippen LogP contribution is 2.30. The first-order valence-electron chi connectivity index (χ1n) is 6.83. The molecule has 1 heterocycles. The van der Waals surface area contributed by atoms with Gasteiger partial charge in [0.15, 0.2) is 0 Å². The molecular weight excluding hydrogens is 252 g/mol. The lowest BCUT2D eigenvalue weighted by Crippen LogP contribution is -2.24. The first-order valence-corrected chi connectivity index (χ1v) is 6.83. The molecule has 0 aliphatic heterocycles. The van der Waals surface area contributed by atoms with Crippen molar-refractivity contribution >= 4 is 11.6 Å².